The molecule has 1 aliphatic rings. The Labute approximate surface area is 169 Å². The highest BCUT2D eigenvalue weighted by atomic mass is 35.5. The van der Waals surface area contributed by atoms with E-state index < -0.39 is 5.91 Å². The van der Waals surface area contributed by atoms with Gasteiger partial charge in [-0.15, -0.1) is 0 Å². The van der Waals surface area contributed by atoms with E-state index in [9.17, 15) is 9.59 Å². The van der Waals surface area contributed by atoms with Crippen molar-refractivity contribution in [3.05, 3.63) is 64.7 Å². The van der Waals surface area contributed by atoms with Crippen molar-refractivity contribution in [2.75, 3.05) is 26.4 Å². The van der Waals surface area contributed by atoms with Crippen molar-refractivity contribution in [2.24, 2.45) is 5.73 Å². The SMILES string of the molecule is NC(=O)c1cccc(OCC(=O)NCC2(c3ccccc3Cl)CCOCC2)c1. The summed E-state index contributed by atoms with van der Waals surface area (Å²) in [6, 6.07) is 14.1. The molecule has 0 spiro atoms. The van der Waals surface area contributed by atoms with Crippen LogP contribution < -0.4 is 15.8 Å². The van der Waals surface area contributed by atoms with E-state index in [-0.39, 0.29) is 17.9 Å². The van der Waals surface area contributed by atoms with Crippen LogP contribution in [-0.2, 0) is 14.9 Å². The Hall–Kier alpha value is -2.57. The smallest absolute Gasteiger partial charge is 0.257 e. The van der Waals surface area contributed by atoms with Gasteiger partial charge in [0.2, 0.25) is 5.91 Å². The van der Waals surface area contributed by atoms with Crippen molar-refractivity contribution in [1.29, 1.82) is 0 Å². The van der Waals surface area contributed by atoms with Crippen molar-refractivity contribution >= 4 is 23.4 Å². The number of nitrogens with one attached hydrogen (secondary N) is 1. The zero-order valence-electron chi connectivity index (χ0n) is 15.4. The standard InChI is InChI=1S/C21H23ClN2O4/c22-18-7-2-1-6-17(18)21(8-10-27-11-9-21)14-24-19(25)13-28-16-5-3-4-15(12-16)20(23)26/h1-7,12H,8-11,13-14H2,(H2,23,26)(H,24,25). The summed E-state index contributed by atoms with van der Waals surface area (Å²) in [6.45, 7) is 1.54. The first-order valence-electron chi connectivity index (χ1n) is 9.12. The van der Waals surface area contributed by atoms with Gasteiger partial charge in [-0.1, -0.05) is 35.9 Å². The van der Waals surface area contributed by atoms with E-state index in [4.69, 9.17) is 26.8 Å². The second kappa shape index (κ2) is 9.08. The molecule has 28 heavy (non-hydrogen) atoms. The number of amides is 2. The lowest BCUT2D eigenvalue weighted by Crippen LogP contribution is -2.45. The van der Waals surface area contributed by atoms with Gasteiger partial charge in [0.25, 0.3) is 5.91 Å². The number of hydrogen-bond acceptors (Lipinski definition) is 4. The molecule has 1 heterocycles. The Morgan fingerprint density at radius 2 is 1.89 bits per heavy atom. The predicted octanol–water partition coefficient (Wildman–Crippen LogP) is 2.68. The molecule has 0 atom stereocenters. The number of benzene rings is 2. The van der Waals surface area contributed by atoms with E-state index in [1.54, 1.807) is 18.2 Å². The van der Waals surface area contributed by atoms with Crippen LogP contribution in [0.25, 0.3) is 0 Å². The molecule has 3 N–H and O–H groups in total. The summed E-state index contributed by atoms with van der Waals surface area (Å²) in [6.07, 6.45) is 1.55. The number of halogens is 1. The lowest BCUT2D eigenvalue weighted by atomic mass is 9.74. The Morgan fingerprint density at radius 3 is 2.61 bits per heavy atom. The number of ether oxygens (including phenoxy) is 2. The second-order valence-corrected chi connectivity index (χ2v) is 7.24. The van der Waals surface area contributed by atoms with Crippen LogP contribution in [0, 0.1) is 0 Å². The molecule has 3 rings (SSSR count). The monoisotopic (exact) mass is 402 g/mol. The van der Waals surface area contributed by atoms with Crippen LogP contribution in [0.5, 0.6) is 5.75 Å². The average molecular weight is 403 g/mol. The lowest BCUT2D eigenvalue weighted by Gasteiger charge is -2.38. The van der Waals surface area contributed by atoms with Gasteiger partial charge < -0.3 is 20.5 Å². The molecule has 2 aromatic carbocycles. The highest BCUT2D eigenvalue weighted by molar-refractivity contribution is 6.31. The normalized spacial score (nSPS) is 15.6. The van der Waals surface area contributed by atoms with E-state index in [0.29, 0.717) is 36.1 Å². The molecule has 0 aromatic heterocycles. The summed E-state index contributed by atoms with van der Waals surface area (Å²) in [5.41, 5.74) is 6.35. The van der Waals surface area contributed by atoms with Crippen LogP contribution in [0.15, 0.2) is 48.5 Å². The van der Waals surface area contributed by atoms with E-state index in [1.165, 1.54) is 6.07 Å². The molecule has 0 bridgehead atoms. The predicted molar refractivity (Wildman–Crippen MR) is 107 cm³/mol. The molecule has 6 nitrogen and oxygen atoms in total. The quantitative estimate of drug-likeness (QED) is 0.744. The van der Waals surface area contributed by atoms with E-state index in [0.717, 1.165) is 18.4 Å². The minimum absolute atomic E-state index is 0.155. The van der Waals surface area contributed by atoms with E-state index in [2.05, 4.69) is 5.32 Å². The average Bonchev–Trinajstić information content (AvgIpc) is 2.72. The molecule has 7 heteroatoms. The fourth-order valence-electron chi connectivity index (χ4n) is 3.40. The Balaban J connectivity index is 1.62. The third kappa shape index (κ3) is 4.82. The van der Waals surface area contributed by atoms with Gasteiger partial charge in [-0.25, -0.2) is 0 Å². The molecular weight excluding hydrogens is 380 g/mol. The molecule has 0 unspecified atom stereocenters. The maximum Gasteiger partial charge on any atom is 0.257 e. The van der Waals surface area contributed by atoms with Crippen LogP contribution in [0.3, 0.4) is 0 Å². The van der Waals surface area contributed by atoms with Gasteiger partial charge in [0, 0.05) is 35.8 Å². The fraction of sp³-hybridized carbons (Fsp3) is 0.333. The topological polar surface area (TPSA) is 90.7 Å². The summed E-state index contributed by atoms with van der Waals surface area (Å²) in [4.78, 5) is 23.6. The zero-order chi connectivity index (χ0) is 20.0. The number of hydrogen-bond donors (Lipinski definition) is 2. The van der Waals surface area contributed by atoms with Gasteiger partial charge >= 0.3 is 0 Å². The first kappa shape index (κ1) is 20.2. The zero-order valence-corrected chi connectivity index (χ0v) is 16.2. The molecule has 1 aliphatic heterocycles. The molecular formula is C21H23ClN2O4. The molecule has 2 amide bonds. The minimum atomic E-state index is -0.545. The maximum atomic E-state index is 12.3. The van der Waals surface area contributed by atoms with Crippen LogP contribution in [-0.4, -0.2) is 38.2 Å². The van der Waals surface area contributed by atoms with Crippen LogP contribution in [0.2, 0.25) is 5.02 Å². The highest BCUT2D eigenvalue weighted by Gasteiger charge is 2.36. The molecule has 1 saturated heterocycles. The van der Waals surface area contributed by atoms with E-state index >= 15 is 0 Å². The Morgan fingerprint density at radius 1 is 1.14 bits per heavy atom. The molecule has 1 fully saturated rings. The Kier molecular flexibility index (Phi) is 6.54. The third-order valence-corrected chi connectivity index (χ3v) is 5.34. The first-order valence-corrected chi connectivity index (χ1v) is 9.50. The summed E-state index contributed by atoms with van der Waals surface area (Å²) in [7, 11) is 0. The molecule has 148 valence electrons. The van der Waals surface area contributed by atoms with Crippen LogP contribution in [0.4, 0.5) is 0 Å². The molecule has 0 aliphatic carbocycles. The summed E-state index contributed by atoms with van der Waals surface area (Å²) >= 11 is 6.43. The molecule has 2 aromatic rings. The summed E-state index contributed by atoms with van der Waals surface area (Å²) < 4.78 is 11.0. The van der Waals surface area contributed by atoms with Crippen LogP contribution >= 0.6 is 11.6 Å². The molecule has 0 saturated carbocycles. The fourth-order valence-corrected chi connectivity index (χ4v) is 3.74. The minimum Gasteiger partial charge on any atom is -0.484 e. The lowest BCUT2D eigenvalue weighted by molar-refractivity contribution is -0.123. The Bertz CT molecular complexity index is 850. The van der Waals surface area contributed by atoms with Crippen LogP contribution in [0.1, 0.15) is 28.8 Å². The third-order valence-electron chi connectivity index (χ3n) is 5.01. The van der Waals surface area contributed by atoms with Crippen molar-refractivity contribution < 1.29 is 19.1 Å². The largest absolute Gasteiger partial charge is 0.484 e. The van der Waals surface area contributed by atoms with E-state index in [1.807, 2.05) is 24.3 Å². The number of rotatable bonds is 7. The van der Waals surface area contributed by atoms with Gasteiger partial charge in [0.15, 0.2) is 6.61 Å². The van der Waals surface area contributed by atoms with Gasteiger partial charge in [-0.2, -0.15) is 0 Å². The highest BCUT2D eigenvalue weighted by Crippen LogP contribution is 2.38. The first-order chi connectivity index (χ1) is 13.5. The van der Waals surface area contributed by atoms with Crippen molar-refractivity contribution in [3.8, 4) is 5.75 Å². The molecule has 0 radical (unpaired) electrons. The van der Waals surface area contributed by atoms with Gasteiger partial charge in [-0.3, -0.25) is 9.59 Å². The maximum absolute atomic E-state index is 12.3. The van der Waals surface area contributed by atoms with Gasteiger partial charge in [0.05, 0.1) is 0 Å². The number of carbonyl (C=O) groups excluding carboxylic acids is 2. The number of nitrogens with two attached hydrogens (primary N) is 1. The van der Waals surface area contributed by atoms with Crippen molar-refractivity contribution in [2.45, 2.75) is 18.3 Å². The van der Waals surface area contributed by atoms with Crippen molar-refractivity contribution in [1.82, 2.24) is 5.32 Å². The summed E-state index contributed by atoms with van der Waals surface area (Å²) in [5.74, 6) is -0.378. The van der Waals surface area contributed by atoms with Gasteiger partial charge in [0.1, 0.15) is 5.75 Å². The second-order valence-electron chi connectivity index (χ2n) is 6.83. The van der Waals surface area contributed by atoms with Gasteiger partial charge in [-0.05, 0) is 42.7 Å². The summed E-state index contributed by atoms with van der Waals surface area (Å²) in [5, 5.41) is 3.65. The van der Waals surface area contributed by atoms with Crippen molar-refractivity contribution in [3.63, 3.8) is 0 Å². The number of primary amides is 1. The number of carbonyl (C=O) groups is 2.